The van der Waals surface area contributed by atoms with E-state index in [0.29, 0.717) is 16.4 Å². The fraction of sp³-hybridized carbons (Fsp3) is 0.0556. The van der Waals surface area contributed by atoms with E-state index in [0.717, 1.165) is 21.1 Å². The smallest absolute Gasteiger partial charge is 0.257 e. The van der Waals surface area contributed by atoms with Crippen molar-refractivity contribution >= 4 is 43.5 Å². The molecule has 2 aromatic heterocycles. The van der Waals surface area contributed by atoms with Crippen LogP contribution in [0.1, 0.15) is 10.4 Å². The normalized spacial score (nSPS) is 10.9. The lowest BCUT2D eigenvalue weighted by Crippen LogP contribution is -2.11. The predicted octanol–water partition coefficient (Wildman–Crippen LogP) is 4.11. The molecule has 118 valence electrons. The molecule has 2 heterocycles. The van der Waals surface area contributed by atoms with Gasteiger partial charge < -0.3 is 4.74 Å². The first-order valence-electron chi connectivity index (χ1n) is 7.35. The Kier molecular flexibility index (Phi) is 3.59. The molecule has 0 aliphatic carbocycles. The maximum Gasteiger partial charge on any atom is 0.257 e. The molecule has 0 fully saturated rings. The maximum atomic E-state index is 12.3. The number of carbonyl (C=O) groups excluding carboxylic acids is 1. The van der Waals surface area contributed by atoms with Gasteiger partial charge in [0.25, 0.3) is 5.91 Å². The second-order valence-corrected chi connectivity index (χ2v) is 6.19. The van der Waals surface area contributed by atoms with Crippen molar-refractivity contribution < 1.29 is 9.53 Å². The van der Waals surface area contributed by atoms with Gasteiger partial charge in [-0.2, -0.15) is 0 Å². The van der Waals surface area contributed by atoms with Crippen LogP contribution >= 0.6 is 11.3 Å². The molecule has 0 aliphatic rings. The third-order valence-corrected chi connectivity index (χ3v) is 4.61. The van der Waals surface area contributed by atoms with Gasteiger partial charge in [0.15, 0.2) is 5.13 Å². The first kappa shape index (κ1) is 14.6. The topological polar surface area (TPSA) is 64.1 Å². The number of hydrogen-bond donors (Lipinski definition) is 1. The average molecular weight is 335 g/mol. The van der Waals surface area contributed by atoms with Gasteiger partial charge in [-0.15, -0.1) is 0 Å². The molecule has 0 unspecified atom stereocenters. The second kappa shape index (κ2) is 5.90. The van der Waals surface area contributed by atoms with E-state index >= 15 is 0 Å². The van der Waals surface area contributed by atoms with Gasteiger partial charge >= 0.3 is 0 Å². The predicted molar refractivity (Wildman–Crippen MR) is 95.9 cm³/mol. The molecule has 1 amide bonds. The zero-order valence-corrected chi connectivity index (χ0v) is 13.6. The summed E-state index contributed by atoms with van der Waals surface area (Å²) in [4.78, 5) is 21.2. The highest BCUT2D eigenvalue weighted by atomic mass is 32.1. The van der Waals surface area contributed by atoms with Crippen LogP contribution in [0.15, 0.2) is 54.7 Å². The summed E-state index contributed by atoms with van der Waals surface area (Å²) in [5.74, 6) is 0.520. The van der Waals surface area contributed by atoms with Crippen molar-refractivity contribution in [2.45, 2.75) is 0 Å². The number of benzene rings is 2. The van der Waals surface area contributed by atoms with Crippen LogP contribution in [0.4, 0.5) is 5.13 Å². The summed E-state index contributed by atoms with van der Waals surface area (Å²) < 4.78 is 6.36. The van der Waals surface area contributed by atoms with E-state index in [1.165, 1.54) is 11.3 Å². The van der Waals surface area contributed by atoms with E-state index in [1.54, 1.807) is 25.4 Å². The average Bonchev–Trinajstić information content (AvgIpc) is 3.04. The molecule has 0 radical (unpaired) electrons. The molecule has 4 rings (SSSR count). The monoisotopic (exact) mass is 335 g/mol. The molecule has 0 atom stereocenters. The van der Waals surface area contributed by atoms with Crippen molar-refractivity contribution in [2.75, 3.05) is 12.4 Å². The Labute approximate surface area is 141 Å². The van der Waals surface area contributed by atoms with Gasteiger partial charge in [-0.3, -0.25) is 15.1 Å². The zero-order chi connectivity index (χ0) is 16.5. The fourth-order valence-electron chi connectivity index (χ4n) is 2.57. The molecule has 24 heavy (non-hydrogen) atoms. The molecule has 0 spiro atoms. The summed E-state index contributed by atoms with van der Waals surface area (Å²) in [5, 5.41) is 4.32. The Bertz CT molecular complexity index is 1040. The van der Waals surface area contributed by atoms with E-state index in [-0.39, 0.29) is 5.91 Å². The summed E-state index contributed by atoms with van der Waals surface area (Å²) in [7, 11) is 1.62. The van der Waals surface area contributed by atoms with Crippen molar-refractivity contribution in [1.29, 1.82) is 0 Å². The minimum atomic E-state index is -0.177. The fourth-order valence-corrected chi connectivity index (χ4v) is 3.48. The van der Waals surface area contributed by atoms with Crippen LogP contribution in [-0.2, 0) is 0 Å². The summed E-state index contributed by atoms with van der Waals surface area (Å²) >= 11 is 1.41. The van der Waals surface area contributed by atoms with Crippen LogP contribution in [0.2, 0.25) is 0 Å². The van der Waals surface area contributed by atoms with Crippen molar-refractivity contribution in [1.82, 2.24) is 9.97 Å². The highest BCUT2D eigenvalue weighted by Gasteiger charge is 2.14. The van der Waals surface area contributed by atoms with Crippen molar-refractivity contribution in [2.24, 2.45) is 0 Å². The quantitative estimate of drug-likeness (QED) is 0.612. The molecular weight excluding hydrogens is 322 g/mol. The number of thiazole rings is 1. The SMILES string of the molecule is COc1cc2sc(NC(=O)c3ccccc3)nc2c2cccnc12. The Balaban J connectivity index is 1.78. The third kappa shape index (κ3) is 2.47. The van der Waals surface area contributed by atoms with E-state index < -0.39 is 0 Å². The molecule has 0 bridgehead atoms. The van der Waals surface area contributed by atoms with Gasteiger partial charge in [0.2, 0.25) is 0 Å². The minimum absolute atomic E-state index is 0.177. The molecular formula is C18H13N3O2S. The number of ether oxygens (including phenoxy) is 1. The van der Waals surface area contributed by atoms with Gasteiger partial charge in [0.05, 0.1) is 17.3 Å². The van der Waals surface area contributed by atoms with Crippen molar-refractivity contribution in [3.63, 3.8) is 0 Å². The number of aromatic nitrogens is 2. The molecule has 2 aromatic carbocycles. The third-order valence-electron chi connectivity index (χ3n) is 3.69. The largest absolute Gasteiger partial charge is 0.494 e. The molecule has 0 saturated heterocycles. The number of nitrogens with one attached hydrogen (secondary N) is 1. The Morgan fingerprint density at radius 1 is 1.12 bits per heavy atom. The van der Waals surface area contributed by atoms with Gasteiger partial charge in [0, 0.05) is 23.2 Å². The van der Waals surface area contributed by atoms with Gasteiger partial charge in [-0.1, -0.05) is 29.5 Å². The number of carbonyl (C=O) groups is 1. The van der Waals surface area contributed by atoms with E-state index in [1.807, 2.05) is 36.4 Å². The summed E-state index contributed by atoms with van der Waals surface area (Å²) in [5.41, 5.74) is 2.17. The molecule has 0 aliphatic heterocycles. The molecule has 5 nitrogen and oxygen atoms in total. The van der Waals surface area contributed by atoms with Crippen molar-refractivity contribution in [3.05, 3.63) is 60.3 Å². The number of amides is 1. The number of rotatable bonds is 3. The van der Waals surface area contributed by atoms with Crippen molar-refractivity contribution in [3.8, 4) is 5.75 Å². The van der Waals surface area contributed by atoms with Gasteiger partial charge in [0.1, 0.15) is 11.3 Å². The standard InChI is InChI=1S/C18H13N3O2S/c1-23-13-10-14-16(12-8-5-9-19-15(12)13)20-18(24-14)21-17(22)11-6-3-2-4-7-11/h2-10H,1H3,(H,20,21,22). The van der Waals surface area contributed by atoms with Crippen LogP contribution in [0, 0.1) is 0 Å². The van der Waals surface area contributed by atoms with Crippen LogP contribution in [0.5, 0.6) is 5.75 Å². The number of nitrogens with zero attached hydrogens (tertiary/aromatic N) is 2. The highest BCUT2D eigenvalue weighted by molar-refractivity contribution is 7.22. The van der Waals surface area contributed by atoms with E-state index in [2.05, 4.69) is 15.3 Å². The van der Waals surface area contributed by atoms with E-state index in [9.17, 15) is 4.79 Å². The number of fused-ring (bicyclic) bond motifs is 3. The Hall–Kier alpha value is -2.99. The van der Waals surface area contributed by atoms with Crippen LogP contribution in [0.3, 0.4) is 0 Å². The molecule has 1 N–H and O–H groups in total. The van der Waals surface area contributed by atoms with Gasteiger partial charge in [-0.05, 0) is 24.3 Å². The van der Waals surface area contributed by atoms with Gasteiger partial charge in [-0.25, -0.2) is 4.98 Å². The molecule has 6 heteroatoms. The Morgan fingerprint density at radius 2 is 1.96 bits per heavy atom. The van der Waals surface area contributed by atoms with Crippen LogP contribution < -0.4 is 10.1 Å². The van der Waals surface area contributed by atoms with Crippen LogP contribution in [-0.4, -0.2) is 23.0 Å². The lowest BCUT2D eigenvalue weighted by atomic mass is 10.2. The first-order chi connectivity index (χ1) is 11.8. The van der Waals surface area contributed by atoms with Crippen LogP contribution in [0.25, 0.3) is 21.1 Å². The second-order valence-electron chi connectivity index (χ2n) is 5.16. The molecule has 0 saturated carbocycles. The lowest BCUT2D eigenvalue weighted by Gasteiger charge is -2.04. The first-order valence-corrected chi connectivity index (χ1v) is 8.16. The summed E-state index contributed by atoms with van der Waals surface area (Å²) in [6.45, 7) is 0. The summed E-state index contributed by atoms with van der Waals surface area (Å²) in [6.07, 6.45) is 1.72. The lowest BCUT2D eigenvalue weighted by molar-refractivity contribution is 0.102. The zero-order valence-electron chi connectivity index (χ0n) is 12.8. The highest BCUT2D eigenvalue weighted by Crippen LogP contribution is 2.36. The summed E-state index contributed by atoms with van der Waals surface area (Å²) in [6, 6.07) is 14.8. The molecule has 4 aromatic rings. The number of hydrogen-bond acceptors (Lipinski definition) is 5. The minimum Gasteiger partial charge on any atom is -0.494 e. The maximum absolute atomic E-state index is 12.3. The Morgan fingerprint density at radius 3 is 2.75 bits per heavy atom. The number of pyridine rings is 1. The van der Waals surface area contributed by atoms with E-state index in [4.69, 9.17) is 4.74 Å². The number of anilines is 1. The number of methoxy groups -OCH3 is 1.